The number of unbranched alkanes of at least 4 members (excludes halogenated alkanes) is 1. The lowest BCUT2D eigenvalue weighted by atomic mass is 10.1. The fourth-order valence-corrected chi connectivity index (χ4v) is 6.63. The number of benzene rings is 1. The van der Waals surface area contributed by atoms with Crippen molar-refractivity contribution in [3.8, 4) is 0 Å². The predicted molar refractivity (Wildman–Crippen MR) is 154 cm³/mol. The van der Waals surface area contributed by atoms with Crippen LogP contribution in [0.4, 0.5) is 13.2 Å². The number of rotatable bonds is 10. The maximum absolute atomic E-state index is 13.5. The Morgan fingerprint density at radius 1 is 1.24 bits per heavy atom. The van der Waals surface area contributed by atoms with E-state index in [0.717, 1.165) is 23.5 Å². The number of alkyl halides is 3. The molecule has 3 amide bonds. The van der Waals surface area contributed by atoms with E-state index in [1.807, 2.05) is 0 Å². The van der Waals surface area contributed by atoms with Gasteiger partial charge < -0.3 is 32.3 Å². The number of hydrogen-bond acceptors (Lipinski definition) is 8. The monoisotopic (exact) mass is 624 g/mol. The normalized spacial score (nSPS) is 17.7. The minimum atomic E-state index is -4.49. The van der Waals surface area contributed by atoms with Crippen molar-refractivity contribution in [2.24, 2.45) is 11.5 Å². The highest BCUT2D eigenvalue weighted by molar-refractivity contribution is 7.20. The zero-order valence-corrected chi connectivity index (χ0v) is 24.2. The Balaban J connectivity index is 1.46. The Morgan fingerprint density at radius 3 is 2.69 bits per heavy atom. The molecular formula is C26H31F3N8O3S2. The van der Waals surface area contributed by atoms with Crippen LogP contribution in [0.15, 0.2) is 29.6 Å². The maximum Gasteiger partial charge on any atom is 0.416 e. The molecule has 0 bridgehead atoms. The van der Waals surface area contributed by atoms with Gasteiger partial charge in [-0.05, 0) is 55.3 Å². The molecule has 4 rings (SSSR count). The maximum atomic E-state index is 13.5. The number of carbonyl (C=O) groups is 3. The second-order valence-electron chi connectivity index (χ2n) is 9.88. The number of halogens is 3. The van der Waals surface area contributed by atoms with Crippen molar-refractivity contribution in [3.63, 3.8) is 0 Å². The second-order valence-corrected chi connectivity index (χ2v) is 11.9. The molecule has 16 heteroatoms. The Kier molecular flexibility index (Phi) is 9.68. The molecule has 1 aromatic carbocycles. The van der Waals surface area contributed by atoms with Crippen molar-refractivity contribution in [2.45, 2.75) is 50.0 Å². The number of hydrogen-bond donors (Lipinski definition) is 6. The van der Waals surface area contributed by atoms with Gasteiger partial charge in [0.2, 0.25) is 5.91 Å². The minimum absolute atomic E-state index is 0.0940. The third kappa shape index (κ3) is 7.35. The van der Waals surface area contributed by atoms with Crippen LogP contribution in [0.1, 0.15) is 62.5 Å². The van der Waals surface area contributed by atoms with Gasteiger partial charge in [-0.15, -0.1) is 22.7 Å². The topological polar surface area (TPSA) is 179 Å². The summed E-state index contributed by atoms with van der Waals surface area (Å²) in [7, 11) is 1.47. The van der Waals surface area contributed by atoms with E-state index < -0.39 is 29.7 Å². The molecule has 42 heavy (non-hydrogen) atoms. The quantitative estimate of drug-likeness (QED) is 0.114. The van der Waals surface area contributed by atoms with Crippen molar-refractivity contribution in [3.05, 3.63) is 50.8 Å². The molecular weight excluding hydrogens is 593 g/mol. The van der Waals surface area contributed by atoms with E-state index in [-0.39, 0.29) is 40.9 Å². The molecule has 226 valence electrons. The molecule has 3 heterocycles. The number of carbonyl (C=O) groups excluding carboxylic acids is 3. The van der Waals surface area contributed by atoms with E-state index in [1.165, 1.54) is 30.5 Å². The molecule has 3 aromatic rings. The largest absolute Gasteiger partial charge is 0.416 e. The number of nitrogens with zero attached hydrogens (tertiary/aromatic N) is 2. The average molecular weight is 625 g/mol. The smallest absolute Gasteiger partial charge is 0.370 e. The number of thiophene rings is 1. The van der Waals surface area contributed by atoms with Crippen LogP contribution in [-0.2, 0) is 11.0 Å². The van der Waals surface area contributed by atoms with E-state index in [0.29, 0.717) is 47.3 Å². The number of guanidine groups is 1. The molecule has 0 spiro atoms. The fourth-order valence-electron chi connectivity index (χ4n) is 4.71. The fraction of sp³-hybridized carbons (Fsp3) is 0.423. The summed E-state index contributed by atoms with van der Waals surface area (Å²) >= 11 is 2.29. The molecule has 1 saturated heterocycles. The Hall–Kier alpha value is -3.76. The minimum Gasteiger partial charge on any atom is -0.370 e. The summed E-state index contributed by atoms with van der Waals surface area (Å²) in [6.07, 6.45) is -2.50. The van der Waals surface area contributed by atoms with Crippen LogP contribution in [0.5, 0.6) is 0 Å². The molecule has 2 aromatic heterocycles. The van der Waals surface area contributed by atoms with E-state index in [4.69, 9.17) is 16.9 Å². The zero-order valence-electron chi connectivity index (χ0n) is 22.6. The highest BCUT2D eigenvalue weighted by atomic mass is 32.1. The number of thiazole rings is 1. The third-order valence-corrected chi connectivity index (χ3v) is 8.84. The molecule has 1 unspecified atom stereocenters. The van der Waals surface area contributed by atoms with Gasteiger partial charge in [-0.2, -0.15) is 13.2 Å². The molecule has 3 atom stereocenters. The number of likely N-dealkylation sites (tertiary alicyclic amines) is 1. The SMILES string of the molecule is CNC(=O)C(CCCCNC(=N)N)NC(=O)c1csc([C@@H]2C[C@@H](N)CN2C(=O)c2cc3cc(C(F)(F)F)ccc3s2)n1. The summed E-state index contributed by atoms with van der Waals surface area (Å²) in [5.41, 5.74) is 10.8. The first-order valence-corrected chi connectivity index (χ1v) is 14.8. The van der Waals surface area contributed by atoms with Gasteiger partial charge in [0.05, 0.1) is 16.5 Å². The molecule has 1 aliphatic rings. The van der Waals surface area contributed by atoms with Crippen LogP contribution < -0.4 is 27.4 Å². The lowest BCUT2D eigenvalue weighted by Gasteiger charge is -2.22. The molecule has 11 nitrogen and oxygen atoms in total. The summed E-state index contributed by atoms with van der Waals surface area (Å²) in [4.78, 5) is 45.1. The molecule has 0 saturated carbocycles. The summed E-state index contributed by atoms with van der Waals surface area (Å²) in [6.45, 7) is 0.692. The van der Waals surface area contributed by atoms with Crippen molar-refractivity contribution >= 4 is 56.4 Å². The standard InChI is InChI=1S/C26H31F3N8O3S2/c1-33-21(38)16(4-2-3-7-34-25(31)32)35-22(39)17-12-41-23(36-17)18-10-15(30)11-37(18)24(40)20-9-13-8-14(26(27,28)29)5-6-19(13)42-20/h5-6,8-9,12,15-16,18H,2-4,7,10-11,30H2,1H3,(H,33,38)(H,35,39)(H4,31,32,34)/t15-,16?,18+/m1/s1. The Labute approximate surface area is 247 Å². The van der Waals surface area contributed by atoms with Crippen LogP contribution in [0, 0.1) is 5.41 Å². The molecule has 0 aliphatic carbocycles. The van der Waals surface area contributed by atoms with E-state index >= 15 is 0 Å². The molecule has 1 aliphatic heterocycles. The van der Waals surface area contributed by atoms with Gasteiger partial charge in [0.25, 0.3) is 11.8 Å². The van der Waals surface area contributed by atoms with E-state index in [1.54, 1.807) is 10.3 Å². The van der Waals surface area contributed by atoms with E-state index in [2.05, 4.69) is 20.9 Å². The summed E-state index contributed by atoms with van der Waals surface area (Å²) < 4.78 is 40.0. The van der Waals surface area contributed by atoms with Crippen LogP contribution in [0.3, 0.4) is 0 Å². The summed E-state index contributed by atoms with van der Waals surface area (Å²) in [5, 5.41) is 17.5. The van der Waals surface area contributed by atoms with Gasteiger partial charge in [-0.1, -0.05) is 0 Å². The number of fused-ring (bicyclic) bond motifs is 1. The first kappa shape index (κ1) is 31.2. The average Bonchev–Trinajstić information content (AvgIpc) is 3.68. The highest BCUT2D eigenvalue weighted by Gasteiger charge is 2.38. The zero-order chi connectivity index (χ0) is 30.6. The Bertz CT molecular complexity index is 1470. The van der Waals surface area contributed by atoms with Crippen molar-refractivity contribution in [2.75, 3.05) is 20.1 Å². The molecule has 1 fully saturated rings. The molecule has 8 N–H and O–H groups in total. The number of nitrogens with one attached hydrogen (secondary N) is 4. The number of likely N-dealkylation sites (N-methyl/N-ethyl adjacent to an activating group) is 1. The lowest BCUT2D eigenvalue weighted by molar-refractivity contribution is -0.137. The van der Waals surface area contributed by atoms with Crippen molar-refractivity contribution in [1.29, 1.82) is 5.41 Å². The van der Waals surface area contributed by atoms with E-state index in [9.17, 15) is 27.6 Å². The third-order valence-electron chi connectivity index (χ3n) is 6.79. The number of aromatic nitrogens is 1. The lowest BCUT2D eigenvalue weighted by Crippen LogP contribution is -2.45. The first-order chi connectivity index (χ1) is 19.9. The van der Waals surface area contributed by atoms with Crippen molar-refractivity contribution in [1.82, 2.24) is 25.8 Å². The highest BCUT2D eigenvalue weighted by Crippen LogP contribution is 2.38. The van der Waals surface area contributed by atoms with Crippen LogP contribution >= 0.6 is 22.7 Å². The van der Waals surface area contributed by atoms with Gasteiger partial charge >= 0.3 is 6.18 Å². The molecule has 0 radical (unpaired) electrons. The Morgan fingerprint density at radius 2 is 2.00 bits per heavy atom. The second kappa shape index (κ2) is 13.0. The van der Waals surface area contributed by atoms with Crippen LogP contribution in [0.2, 0.25) is 0 Å². The van der Waals surface area contributed by atoms with Crippen molar-refractivity contribution < 1.29 is 27.6 Å². The van der Waals surface area contributed by atoms with Gasteiger partial charge in [0.1, 0.15) is 16.7 Å². The van der Waals surface area contributed by atoms with Gasteiger partial charge in [-0.25, -0.2) is 4.98 Å². The van der Waals surface area contributed by atoms with Gasteiger partial charge in [0.15, 0.2) is 5.96 Å². The number of amides is 3. The first-order valence-electron chi connectivity index (χ1n) is 13.1. The van der Waals surface area contributed by atoms with Crippen LogP contribution in [-0.4, -0.2) is 65.8 Å². The predicted octanol–water partition coefficient (Wildman–Crippen LogP) is 2.79. The number of nitrogens with two attached hydrogens (primary N) is 2. The van der Waals surface area contributed by atoms with Crippen LogP contribution in [0.25, 0.3) is 10.1 Å². The van der Waals surface area contributed by atoms with Gasteiger partial charge in [-0.3, -0.25) is 19.8 Å². The van der Waals surface area contributed by atoms with Gasteiger partial charge in [0, 0.05) is 36.3 Å². The summed E-state index contributed by atoms with van der Waals surface area (Å²) in [6, 6.07) is 3.16. The summed E-state index contributed by atoms with van der Waals surface area (Å²) in [5.74, 6) is -1.42.